The minimum absolute atomic E-state index is 0.376. The lowest BCUT2D eigenvalue weighted by molar-refractivity contribution is 1.03. The molecule has 0 atom stereocenters. The zero-order chi connectivity index (χ0) is 47.2. The summed E-state index contributed by atoms with van der Waals surface area (Å²) in [6.07, 6.45) is 0. The van der Waals surface area contributed by atoms with E-state index in [1.54, 1.807) is 11.3 Å². The lowest BCUT2D eigenvalue weighted by Gasteiger charge is -2.27. The van der Waals surface area contributed by atoms with Crippen LogP contribution in [0.3, 0.4) is 0 Å². The Balaban J connectivity index is 1.31. The van der Waals surface area contributed by atoms with Crippen LogP contribution < -0.4 is 0 Å². The van der Waals surface area contributed by atoms with Crippen LogP contribution in [0.25, 0.3) is 135 Å². The summed E-state index contributed by atoms with van der Waals surface area (Å²) in [5.41, 5.74) is 13.5. The summed E-state index contributed by atoms with van der Waals surface area (Å²) in [5, 5.41) is 23.4. The van der Waals surface area contributed by atoms with E-state index in [4.69, 9.17) is 4.85 Å². The minimum atomic E-state index is 0.376. The van der Waals surface area contributed by atoms with E-state index in [-0.39, 0.29) is 0 Å². The molecule has 0 radical (unpaired) electrons. The van der Waals surface area contributed by atoms with Crippen molar-refractivity contribution in [2.24, 2.45) is 0 Å². The molecule has 5 aromatic heterocycles. The van der Waals surface area contributed by atoms with E-state index >= 15 is 0 Å². The highest BCUT2D eigenvalue weighted by molar-refractivity contribution is 7.26. The first-order valence-electron chi connectivity index (χ1n) is 23.9. The molecule has 5 heterocycles. The van der Waals surface area contributed by atoms with Gasteiger partial charge >= 0.3 is 0 Å². The van der Waals surface area contributed by atoms with Gasteiger partial charge in [-0.1, -0.05) is 140 Å². The van der Waals surface area contributed by atoms with Gasteiger partial charge in [0.05, 0.1) is 83.7 Å². The van der Waals surface area contributed by atoms with Crippen molar-refractivity contribution in [1.82, 2.24) is 18.3 Å². The van der Waals surface area contributed by atoms with Crippen LogP contribution in [0.15, 0.2) is 194 Å². The second kappa shape index (κ2) is 14.6. The van der Waals surface area contributed by atoms with E-state index in [1.807, 2.05) is 0 Å². The number of nitriles is 1. The van der Waals surface area contributed by atoms with Gasteiger partial charge in [-0.05, 0) is 79.6 Å². The Bertz CT molecular complexity index is 4630. The van der Waals surface area contributed by atoms with Gasteiger partial charge in [0.15, 0.2) is 0 Å². The molecule has 0 aliphatic heterocycles. The standard InChI is InChI=1S/C64H38N6S/c1-37-34-48-46-32-33-47-45-24-10-17-31-57(45)71-64(47)61(46)70(56(48)35-38(37)2)63-60(68-52-27-13-6-20-41(52)42-21-7-14-28-53(42)68)49(36-65)59(67-50-25-11-4-18-39(50)40-19-5-12-26-51(40)67)58(66-3)62(63)69-54-29-15-8-22-43(54)44-23-9-16-30-55(44)69/h4-35H,1-2H3. The highest BCUT2D eigenvalue weighted by atomic mass is 32.1. The third-order valence-corrected chi connectivity index (χ3v) is 16.3. The Morgan fingerprint density at radius 1 is 0.394 bits per heavy atom. The Labute approximate surface area is 410 Å². The summed E-state index contributed by atoms with van der Waals surface area (Å²) in [6.45, 7) is 14.1. The van der Waals surface area contributed by atoms with Crippen molar-refractivity contribution < 1.29 is 0 Å². The summed E-state index contributed by atoms with van der Waals surface area (Å²) in [4.78, 5) is 4.76. The second-order valence-corrected chi connectivity index (χ2v) is 19.7. The van der Waals surface area contributed by atoms with Crippen LogP contribution in [0, 0.1) is 31.8 Å². The molecule has 0 aliphatic carbocycles. The molecule has 0 fully saturated rings. The topological polar surface area (TPSA) is 47.9 Å². The van der Waals surface area contributed by atoms with Crippen LogP contribution in [-0.4, -0.2) is 18.3 Å². The lowest BCUT2D eigenvalue weighted by atomic mass is 10.0. The average Bonchev–Trinajstić information content (AvgIpc) is 4.21. The van der Waals surface area contributed by atoms with Gasteiger partial charge in [-0.2, -0.15) is 5.26 Å². The number of fused-ring (bicyclic) bond motifs is 16. The lowest BCUT2D eigenvalue weighted by Crippen LogP contribution is -2.14. The molecular formula is C64H38N6S. The van der Waals surface area contributed by atoms with Gasteiger partial charge in [-0.3, -0.25) is 0 Å². The highest BCUT2D eigenvalue weighted by Gasteiger charge is 2.35. The molecule has 0 aliphatic rings. The fraction of sp³-hybridized carbons (Fsp3) is 0.0312. The molecule has 0 N–H and O–H groups in total. The zero-order valence-corrected chi connectivity index (χ0v) is 39.4. The van der Waals surface area contributed by atoms with Crippen molar-refractivity contribution in [3.8, 4) is 28.8 Å². The highest BCUT2D eigenvalue weighted by Crippen LogP contribution is 2.53. The fourth-order valence-electron chi connectivity index (χ4n) is 12.0. The number of nitrogens with zero attached hydrogens (tertiary/aromatic N) is 6. The summed E-state index contributed by atoms with van der Waals surface area (Å²) < 4.78 is 11.6. The number of thiophene rings is 1. The Kier molecular flexibility index (Phi) is 8.12. The predicted molar refractivity (Wildman–Crippen MR) is 297 cm³/mol. The van der Waals surface area contributed by atoms with E-state index in [2.05, 4.69) is 232 Å². The SMILES string of the molecule is [C-]#[N+]c1c(-n2c3ccccc3c3ccccc32)c(C#N)c(-n2c3ccccc3c3ccccc32)c(-n2c3cc(C)c(C)cc3c3ccc4c5ccccc5sc4c32)c1-n1c2ccccc2c2ccccc21. The third kappa shape index (κ3) is 5.17. The summed E-state index contributed by atoms with van der Waals surface area (Å²) in [5.74, 6) is 0. The van der Waals surface area contributed by atoms with Crippen LogP contribution in [0.4, 0.5) is 5.69 Å². The molecule has 0 bridgehead atoms. The average molecular weight is 923 g/mol. The van der Waals surface area contributed by atoms with Crippen molar-refractivity contribution in [1.29, 1.82) is 5.26 Å². The molecule has 7 heteroatoms. The van der Waals surface area contributed by atoms with Gasteiger partial charge in [0.25, 0.3) is 0 Å². The first kappa shape index (κ1) is 39.6. The summed E-state index contributed by atoms with van der Waals surface area (Å²) in [7, 11) is 0. The van der Waals surface area contributed by atoms with Crippen LogP contribution in [0.1, 0.15) is 16.7 Å². The van der Waals surface area contributed by atoms with Crippen molar-refractivity contribution in [2.45, 2.75) is 13.8 Å². The number of aromatic nitrogens is 4. The molecule has 0 spiro atoms. The molecule has 0 saturated heterocycles. The quantitative estimate of drug-likeness (QED) is 0.162. The molecule has 0 unspecified atom stereocenters. The third-order valence-electron chi connectivity index (χ3n) is 15.1. The number of rotatable bonds is 4. The van der Waals surface area contributed by atoms with Crippen LogP contribution in [-0.2, 0) is 0 Å². The number of hydrogen-bond donors (Lipinski definition) is 0. The van der Waals surface area contributed by atoms with Gasteiger partial charge < -0.3 is 18.3 Å². The minimum Gasteiger partial charge on any atom is -0.318 e. The van der Waals surface area contributed by atoms with Crippen molar-refractivity contribution in [3.63, 3.8) is 0 Å². The van der Waals surface area contributed by atoms with E-state index in [9.17, 15) is 11.8 Å². The van der Waals surface area contributed by atoms with Gasteiger partial charge in [0, 0.05) is 58.6 Å². The second-order valence-electron chi connectivity index (χ2n) is 18.7. The molecular weight excluding hydrogens is 885 g/mol. The maximum Gasteiger partial charge on any atom is 0.237 e. The first-order valence-corrected chi connectivity index (χ1v) is 24.7. The Morgan fingerprint density at radius 2 is 0.803 bits per heavy atom. The van der Waals surface area contributed by atoms with E-state index in [0.29, 0.717) is 28.3 Å². The Morgan fingerprint density at radius 3 is 1.28 bits per heavy atom. The van der Waals surface area contributed by atoms with E-state index < -0.39 is 0 Å². The number of benzene rings is 10. The largest absolute Gasteiger partial charge is 0.318 e. The van der Waals surface area contributed by atoms with Gasteiger partial charge in [-0.25, -0.2) is 4.85 Å². The van der Waals surface area contributed by atoms with Gasteiger partial charge in [-0.15, -0.1) is 11.3 Å². The molecule has 330 valence electrons. The van der Waals surface area contributed by atoms with Crippen molar-refractivity contribution in [3.05, 3.63) is 222 Å². The number of hydrogen-bond acceptors (Lipinski definition) is 2. The molecule has 15 rings (SSSR count). The van der Waals surface area contributed by atoms with E-state index in [0.717, 1.165) is 103 Å². The van der Waals surface area contributed by atoms with Crippen LogP contribution >= 0.6 is 11.3 Å². The number of aryl methyl sites for hydroxylation is 2. The van der Waals surface area contributed by atoms with Gasteiger partial charge in [0.1, 0.15) is 6.07 Å². The monoisotopic (exact) mass is 922 g/mol. The molecule has 0 amide bonds. The number of para-hydroxylation sites is 6. The Hall–Kier alpha value is -9.40. The van der Waals surface area contributed by atoms with Crippen molar-refractivity contribution >= 4 is 124 Å². The molecule has 0 saturated carbocycles. The van der Waals surface area contributed by atoms with Gasteiger partial charge in [0.2, 0.25) is 5.69 Å². The molecule has 6 nitrogen and oxygen atoms in total. The van der Waals surface area contributed by atoms with Crippen molar-refractivity contribution in [2.75, 3.05) is 0 Å². The van der Waals surface area contributed by atoms with E-state index in [1.165, 1.54) is 21.0 Å². The zero-order valence-electron chi connectivity index (χ0n) is 38.6. The maximum atomic E-state index is 12.5. The normalized spacial score (nSPS) is 12.1. The maximum absolute atomic E-state index is 12.5. The summed E-state index contributed by atoms with van der Waals surface area (Å²) >= 11 is 1.80. The first-order chi connectivity index (χ1) is 35.0. The molecule has 71 heavy (non-hydrogen) atoms. The fourth-order valence-corrected chi connectivity index (χ4v) is 13.3. The van der Waals surface area contributed by atoms with Crippen LogP contribution in [0.2, 0.25) is 0 Å². The molecule has 15 aromatic rings. The smallest absolute Gasteiger partial charge is 0.237 e. The molecule has 10 aromatic carbocycles. The van der Waals surface area contributed by atoms with Crippen LogP contribution in [0.5, 0.6) is 0 Å². The predicted octanol–water partition coefficient (Wildman–Crippen LogP) is 17.5. The summed E-state index contributed by atoms with van der Waals surface area (Å²) in [6, 6.07) is 71.7.